The molecule has 0 heterocycles. The molecule has 0 aliphatic heterocycles. The van der Waals surface area contributed by atoms with Gasteiger partial charge in [0.05, 0.1) is 6.10 Å². The van der Waals surface area contributed by atoms with E-state index in [1.54, 1.807) is 0 Å². The first-order valence-electron chi connectivity index (χ1n) is 5.75. The minimum atomic E-state index is 0.142. The van der Waals surface area contributed by atoms with Gasteiger partial charge in [0.15, 0.2) is 0 Å². The van der Waals surface area contributed by atoms with Crippen LogP contribution in [-0.2, 0) is 6.42 Å². The molecule has 0 aromatic heterocycles. The van der Waals surface area contributed by atoms with Crippen molar-refractivity contribution < 1.29 is 9.16 Å². The maximum absolute atomic E-state index is 5.83. The molecule has 1 aromatic rings. The number of hydrogen-bond donors (Lipinski definition) is 0. The monoisotopic (exact) mass is 247 g/mol. The highest BCUT2D eigenvalue weighted by Gasteiger charge is 2.15. The van der Waals surface area contributed by atoms with Gasteiger partial charge in [0.25, 0.3) is 0 Å². The normalized spacial score (nSPS) is 10.5. The van der Waals surface area contributed by atoms with Crippen molar-refractivity contribution in [2.24, 2.45) is 0 Å². The van der Waals surface area contributed by atoms with Gasteiger partial charge in [-0.05, 0) is 51.3 Å². The van der Waals surface area contributed by atoms with E-state index < -0.39 is 0 Å². The highest BCUT2D eigenvalue weighted by atomic mass is 28.2. The van der Waals surface area contributed by atoms with Crippen molar-refractivity contribution >= 4 is 10.5 Å². The standard InChI is InChI=1S/C14H19O2Si/c1-6-7-12-13(15-9(2)3)8-10(4)11(5)14(12)16-17/h6,8-9H,1,7H2,2-5H3. The maximum Gasteiger partial charge on any atom is 0.341 e. The van der Waals surface area contributed by atoms with E-state index in [1.807, 2.05) is 26.8 Å². The van der Waals surface area contributed by atoms with Gasteiger partial charge in [-0.1, -0.05) is 6.08 Å². The zero-order valence-corrected chi connectivity index (χ0v) is 12.0. The zero-order valence-electron chi connectivity index (χ0n) is 11.0. The van der Waals surface area contributed by atoms with Gasteiger partial charge in [-0.2, -0.15) is 0 Å². The topological polar surface area (TPSA) is 18.5 Å². The van der Waals surface area contributed by atoms with E-state index in [0.717, 1.165) is 34.6 Å². The van der Waals surface area contributed by atoms with E-state index in [-0.39, 0.29) is 6.10 Å². The highest BCUT2D eigenvalue weighted by molar-refractivity contribution is 6.00. The molecule has 1 rings (SSSR count). The van der Waals surface area contributed by atoms with Gasteiger partial charge in [0.2, 0.25) is 0 Å². The van der Waals surface area contributed by atoms with Crippen molar-refractivity contribution in [2.45, 2.75) is 40.2 Å². The Balaban J connectivity index is 3.35. The van der Waals surface area contributed by atoms with Crippen molar-refractivity contribution in [3.8, 4) is 11.5 Å². The molecular formula is C14H19O2Si. The lowest BCUT2D eigenvalue weighted by atomic mass is 10.0. The number of ether oxygens (including phenoxy) is 1. The Labute approximate surface area is 107 Å². The van der Waals surface area contributed by atoms with E-state index in [4.69, 9.17) is 9.16 Å². The first-order valence-corrected chi connectivity index (χ1v) is 6.16. The van der Waals surface area contributed by atoms with Crippen molar-refractivity contribution in [1.29, 1.82) is 0 Å². The number of rotatable bonds is 5. The van der Waals surface area contributed by atoms with Gasteiger partial charge in [-0.3, -0.25) is 0 Å². The van der Waals surface area contributed by atoms with Gasteiger partial charge in [-0.15, -0.1) is 6.58 Å². The Morgan fingerprint density at radius 2 is 2.06 bits per heavy atom. The third kappa shape index (κ3) is 3.13. The summed E-state index contributed by atoms with van der Waals surface area (Å²) in [6.07, 6.45) is 2.72. The van der Waals surface area contributed by atoms with Crippen molar-refractivity contribution in [3.63, 3.8) is 0 Å². The number of aryl methyl sites for hydroxylation is 1. The van der Waals surface area contributed by atoms with Crippen LogP contribution in [0.4, 0.5) is 0 Å². The van der Waals surface area contributed by atoms with Gasteiger partial charge < -0.3 is 9.16 Å². The number of allylic oxidation sites excluding steroid dienone is 1. The lowest BCUT2D eigenvalue weighted by Gasteiger charge is -2.19. The van der Waals surface area contributed by atoms with E-state index in [1.165, 1.54) is 0 Å². The van der Waals surface area contributed by atoms with E-state index in [2.05, 4.69) is 30.1 Å². The smallest absolute Gasteiger partial charge is 0.341 e. The Bertz CT molecular complexity index is 411. The zero-order chi connectivity index (χ0) is 13.0. The molecule has 3 radical (unpaired) electrons. The van der Waals surface area contributed by atoms with Gasteiger partial charge in [0, 0.05) is 5.56 Å². The van der Waals surface area contributed by atoms with Crippen LogP contribution in [0, 0.1) is 13.8 Å². The molecule has 17 heavy (non-hydrogen) atoms. The van der Waals surface area contributed by atoms with Gasteiger partial charge in [0.1, 0.15) is 11.5 Å². The van der Waals surface area contributed by atoms with Crippen LogP contribution in [-0.4, -0.2) is 16.6 Å². The SMILES string of the molecule is C=CCc1c(OC(C)C)cc(C)c(C)c1O[Si]. The fourth-order valence-electron chi connectivity index (χ4n) is 1.74. The largest absolute Gasteiger partial charge is 0.540 e. The van der Waals surface area contributed by atoms with Crippen LogP contribution < -0.4 is 9.16 Å². The molecule has 0 amide bonds. The van der Waals surface area contributed by atoms with Crippen LogP contribution in [0.2, 0.25) is 0 Å². The molecular weight excluding hydrogens is 228 g/mol. The molecule has 1 aromatic carbocycles. The summed E-state index contributed by atoms with van der Waals surface area (Å²) in [4.78, 5) is 0. The van der Waals surface area contributed by atoms with Crippen LogP contribution in [0.3, 0.4) is 0 Å². The number of hydrogen-bond acceptors (Lipinski definition) is 2. The molecule has 0 atom stereocenters. The summed E-state index contributed by atoms with van der Waals surface area (Å²) < 4.78 is 11.1. The maximum atomic E-state index is 5.83. The molecule has 0 saturated carbocycles. The van der Waals surface area contributed by atoms with Gasteiger partial charge in [-0.25, -0.2) is 0 Å². The van der Waals surface area contributed by atoms with E-state index in [9.17, 15) is 0 Å². The minimum Gasteiger partial charge on any atom is -0.540 e. The summed E-state index contributed by atoms with van der Waals surface area (Å²) in [5.41, 5.74) is 3.31. The molecule has 0 aliphatic carbocycles. The van der Waals surface area contributed by atoms with Crippen molar-refractivity contribution in [1.82, 2.24) is 0 Å². The summed E-state index contributed by atoms with van der Waals surface area (Å²) in [5, 5.41) is 0. The Morgan fingerprint density at radius 1 is 1.41 bits per heavy atom. The average molecular weight is 247 g/mol. The molecule has 2 nitrogen and oxygen atoms in total. The van der Waals surface area contributed by atoms with Crippen LogP contribution in [0.25, 0.3) is 0 Å². The van der Waals surface area contributed by atoms with Crippen molar-refractivity contribution in [3.05, 3.63) is 35.4 Å². The summed E-state index contributed by atoms with van der Waals surface area (Å²) in [6, 6.07) is 2.06. The fraction of sp³-hybridized carbons (Fsp3) is 0.429. The molecule has 0 spiro atoms. The summed E-state index contributed by atoms with van der Waals surface area (Å²) in [7, 11) is 3.12. The second kappa shape index (κ2) is 5.91. The second-order valence-electron chi connectivity index (χ2n) is 4.39. The molecule has 91 valence electrons. The Hall–Kier alpha value is -1.22. The Kier molecular flexibility index (Phi) is 4.81. The fourth-order valence-corrected chi connectivity index (χ4v) is 2.02. The van der Waals surface area contributed by atoms with Crippen LogP contribution >= 0.6 is 0 Å². The van der Waals surface area contributed by atoms with Gasteiger partial charge >= 0.3 is 10.5 Å². The summed E-state index contributed by atoms with van der Waals surface area (Å²) in [6.45, 7) is 11.9. The van der Waals surface area contributed by atoms with E-state index in [0.29, 0.717) is 0 Å². The first-order chi connectivity index (χ1) is 8.01. The molecule has 0 unspecified atom stereocenters. The molecule has 0 fully saturated rings. The third-order valence-electron chi connectivity index (χ3n) is 2.66. The first kappa shape index (κ1) is 13.8. The van der Waals surface area contributed by atoms with Crippen LogP contribution in [0.5, 0.6) is 11.5 Å². The van der Waals surface area contributed by atoms with E-state index >= 15 is 0 Å². The molecule has 3 heteroatoms. The summed E-state index contributed by atoms with van der Waals surface area (Å²) in [5.74, 6) is 1.70. The Morgan fingerprint density at radius 3 is 2.53 bits per heavy atom. The molecule has 0 aliphatic rings. The number of benzene rings is 1. The minimum absolute atomic E-state index is 0.142. The van der Waals surface area contributed by atoms with Crippen LogP contribution in [0.15, 0.2) is 18.7 Å². The third-order valence-corrected chi connectivity index (χ3v) is 2.87. The predicted molar refractivity (Wildman–Crippen MR) is 72.0 cm³/mol. The summed E-state index contributed by atoms with van der Waals surface area (Å²) >= 11 is 0. The lowest BCUT2D eigenvalue weighted by Crippen LogP contribution is -2.09. The quantitative estimate of drug-likeness (QED) is 0.587. The predicted octanol–water partition coefficient (Wildman–Crippen LogP) is 3.28. The average Bonchev–Trinajstić information content (AvgIpc) is 2.25. The molecule has 0 bridgehead atoms. The molecule has 0 saturated heterocycles. The highest BCUT2D eigenvalue weighted by Crippen LogP contribution is 2.35. The lowest BCUT2D eigenvalue weighted by molar-refractivity contribution is 0.239. The molecule has 0 N–H and O–H groups in total. The van der Waals surface area contributed by atoms with Crippen LogP contribution in [0.1, 0.15) is 30.5 Å². The second-order valence-corrected chi connectivity index (χ2v) is 4.59. The van der Waals surface area contributed by atoms with Crippen molar-refractivity contribution in [2.75, 3.05) is 0 Å².